The van der Waals surface area contributed by atoms with Crippen LogP contribution in [-0.2, 0) is 11.3 Å². The van der Waals surface area contributed by atoms with Gasteiger partial charge in [0.05, 0.1) is 25.3 Å². The van der Waals surface area contributed by atoms with Gasteiger partial charge in [-0.2, -0.15) is 5.10 Å². The summed E-state index contributed by atoms with van der Waals surface area (Å²) in [4.78, 5) is 18.0. The van der Waals surface area contributed by atoms with Crippen LogP contribution in [0.4, 0.5) is 4.79 Å². The minimum absolute atomic E-state index is 0.0000671. The lowest BCUT2D eigenvalue weighted by molar-refractivity contribution is -0.0874. The van der Waals surface area contributed by atoms with Crippen LogP contribution in [0.2, 0.25) is 0 Å². The fourth-order valence-corrected chi connectivity index (χ4v) is 2.27. The summed E-state index contributed by atoms with van der Waals surface area (Å²) in [7, 11) is 0. The van der Waals surface area contributed by atoms with Crippen molar-refractivity contribution in [2.45, 2.75) is 45.4 Å². The predicted octanol–water partition coefficient (Wildman–Crippen LogP) is 0.877. The number of nitrogens with one attached hydrogen (secondary N) is 1. The second kappa shape index (κ2) is 6.21. The molecule has 1 aromatic rings. The highest BCUT2D eigenvalue weighted by molar-refractivity contribution is 5.74. The number of ether oxygens (including phenoxy) is 1. The van der Waals surface area contributed by atoms with Gasteiger partial charge in [0.25, 0.3) is 0 Å². The number of aromatic nitrogens is 3. The van der Waals surface area contributed by atoms with E-state index in [1.807, 2.05) is 18.7 Å². The van der Waals surface area contributed by atoms with Gasteiger partial charge in [0.1, 0.15) is 12.7 Å². The predicted molar refractivity (Wildman–Crippen MR) is 74.2 cm³/mol. The third-order valence-electron chi connectivity index (χ3n) is 3.67. The number of urea groups is 1. The number of carbonyl (C=O) groups is 1. The van der Waals surface area contributed by atoms with Crippen molar-refractivity contribution in [3.05, 3.63) is 12.7 Å². The summed E-state index contributed by atoms with van der Waals surface area (Å²) in [6, 6.07) is -0.0412. The molecule has 0 bridgehead atoms. The van der Waals surface area contributed by atoms with Gasteiger partial charge >= 0.3 is 6.03 Å². The van der Waals surface area contributed by atoms with Crippen molar-refractivity contribution in [3.63, 3.8) is 0 Å². The van der Waals surface area contributed by atoms with E-state index >= 15 is 0 Å². The Labute approximate surface area is 119 Å². The minimum atomic E-state index is -0.231. The molecule has 0 radical (unpaired) electrons. The van der Waals surface area contributed by atoms with Crippen LogP contribution in [0.25, 0.3) is 0 Å². The lowest BCUT2D eigenvalue weighted by Gasteiger charge is -2.40. The largest absolute Gasteiger partial charge is 0.372 e. The SMILES string of the molecule is CC[C@]1(C)CN(C(=O)N[C@H](C)Cn2cncn2)CCO1. The highest BCUT2D eigenvalue weighted by atomic mass is 16.5. The first kappa shape index (κ1) is 14.8. The summed E-state index contributed by atoms with van der Waals surface area (Å²) in [6.07, 6.45) is 4.03. The van der Waals surface area contributed by atoms with Crippen LogP contribution in [0.5, 0.6) is 0 Å². The van der Waals surface area contributed by atoms with Gasteiger partial charge in [-0.05, 0) is 20.3 Å². The molecule has 2 rings (SSSR count). The van der Waals surface area contributed by atoms with Crippen LogP contribution in [0, 0.1) is 0 Å². The third-order valence-corrected chi connectivity index (χ3v) is 3.67. The van der Waals surface area contributed by atoms with Crippen molar-refractivity contribution in [2.75, 3.05) is 19.7 Å². The molecule has 1 aliphatic rings. The van der Waals surface area contributed by atoms with Crippen molar-refractivity contribution in [1.82, 2.24) is 25.0 Å². The Balaban J connectivity index is 1.84. The second-order valence-electron chi connectivity index (χ2n) is 5.54. The van der Waals surface area contributed by atoms with E-state index in [0.29, 0.717) is 26.2 Å². The molecule has 0 unspecified atom stereocenters. The highest BCUT2D eigenvalue weighted by Gasteiger charge is 2.32. The van der Waals surface area contributed by atoms with Crippen molar-refractivity contribution in [2.24, 2.45) is 0 Å². The molecule has 1 aromatic heterocycles. The van der Waals surface area contributed by atoms with Crippen molar-refractivity contribution in [3.8, 4) is 0 Å². The maximum Gasteiger partial charge on any atom is 0.317 e. The summed E-state index contributed by atoms with van der Waals surface area (Å²) in [5, 5.41) is 7.03. The lowest BCUT2D eigenvalue weighted by atomic mass is 10.0. The van der Waals surface area contributed by atoms with E-state index in [-0.39, 0.29) is 17.7 Å². The Bertz CT molecular complexity index is 436. The molecule has 7 nitrogen and oxygen atoms in total. The van der Waals surface area contributed by atoms with E-state index in [4.69, 9.17) is 4.74 Å². The van der Waals surface area contributed by atoms with E-state index in [2.05, 4.69) is 22.3 Å². The number of hydrogen-bond donors (Lipinski definition) is 1. The summed E-state index contributed by atoms with van der Waals surface area (Å²) >= 11 is 0. The number of carbonyl (C=O) groups excluding carboxylic acids is 1. The molecule has 2 atom stereocenters. The Hall–Kier alpha value is -1.63. The van der Waals surface area contributed by atoms with E-state index in [9.17, 15) is 4.79 Å². The topological polar surface area (TPSA) is 72.3 Å². The number of nitrogens with zero attached hydrogens (tertiary/aromatic N) is 4. The maximum absolute atomic E-state index is 12.3. The van der Waals surface area contributed by atoms with Gasteiger partial charge in [0.15, 0.2) is 0 Å². The van der Waals surface area contributed by atoms with Crippen LogP contribution in [0.3, 0.4) is 0 Å². The molecule has 7 heteroatoms. The number of morpholine rings is 1. The molecule has 0 aromatic carbocycles. The number of hydrogen-bond acceptors (Lipinski definition) is 4. The first-order valence-electron chi connectivity index (χ1n) is 7.04. The molecule has 1 fully saturated rings. The van der Waals surface area contributed by atoms with Gasteiger partial charge in [0, 0.05) is 12.6 Å². The van der Waals surface area contributed by atoms with Crippen LogP contribution in [0.15, 0.2) is 12.7 Å². The fourth-order valence-electron chi connectivity index (χ4n) is 2.27. The van der Waals surface area contributed by atoms with E-state index in [1.54, 1.807) is 11.0 Å². The molecule has 0 aliphatic carbocycles. The maximum atomic E-state index is 12.3. The summed E-state index contributed by atoms with van der Waals surface area (Å²) < 4.78 is 7.45. The first-order chi connectivity index (χ1) is 9.52. The van der Waals surface area contributed by atoms with Crippen molar-refractivity contribution >= 4 is 6.03 Å². The molecule has 1 saturated heterocycles. The van der Waals surface area contributed by atoms with Crippen LogP contribution in [-0.4, -0.2) is 57.0 Å². The summed E-state index contributed by atoms with van der Waals surface area (Å²) in [6.45, 7) is 8.55. The Kier molecular flexibility index (Phi) is 4.59. The van der Waals surface area contributed by atoms with E-state index < -0.39 is 0 Å². The molecule has 112 valence electrons. The zero-order valence-electron chi connectivity index (χ0n) is 12.4. The molecule has 1 aliphatic heterocycles. The molecular formula is C13H23N5O2. The van der Waals surface area contributed by atoms with Gasteiger partial charge in [-0.25, -0.2) is 9.78 Å². The quantitative estimate of drug-likeness (QED) is 0.889. The van der Waals surface area contributed by atoms with Crippen LogP contribution < -0.4 is 5.32 Å². The van der Waals surface area contributed by atoms with E-state index in [0.717, 1.165) is 6.42 Å². The lowest BCUT2D eigenvalue weighted by Crippen LogP contribution is -2.55. The zero-order valence-corrected chi connectivity index (χ0v) is 12.4. The van der Waals surface area contributed by atoms with Gasteiger partial charge in [-0.15, -0.1) is 0 Å². The molecule has 1 N–H and O–H groups in total. The van der Waals surface area contributed by atoms with Crippen LogP contribution in [0.1, 0.15) is 27.2 Å². The average Bonchev–Trinajstić information content (AvgIpc) is 2.91. The minimum Gasteiger partial charge on any atom is -0.372 e. The fraction of sp³-hybridized carbons (Fsp3) is 0.769. The van der Waals surface area contributed by atoms with Gasteiger partial charge in [0.2, 0.25) is 0 Å². The number of rotatable bonds is 4. The Morgan fingerprint density at radius 2 is 2.40 bits per heavy atom. The summed E-state index contributed by atoms with van der Waals surface area (Å²) in [5.74, 6) is 0. The van der Waals surface area contributed by atoms with E-state index in [1.165, 1.54) is 6.33 Å². The second-order valence-corrected chi connectivity index (χ2v) is 5.54. The average molecular weight is 281 g/mol. The van der Waals surface area contributed by atoms with Crippen molar-refractivity contribution in [1.29, 1.82) is 0 Å². The first-order valence-corrected chi connectivity index (χ1v) is 7.04. The van der Waals surface area contributed by atoms with Crippen molar-refractivity contribution < 1.29 is 9.53 Å². The monoisotopic (exact) mass is 281 g/mol. The zero-order chi connectivity index (χ0) is 14.6. The third kappa shape index (κ3) is 3.69. The van der Waals surface area contributed by atoms with Crippen LogP contribution >= 0.6 is 0 Å². The molecule has 0 spiro atoms. The van der Waals surface area contributed by atoms with Gasteiger partial charge < -0.3 is 15.0 Å². The molecule has 0 saturated carbocycles. The Morgan fingerprint density at radius 1 is 1.60 bits per heavy atom. The molecular weight excluding hydrogens is 258 g/mol. The normalized spacial score (nSPS) is 24.4. The smallest absolute Gasteiger partial charge is 0.317 e. The van der Waals surface area contributed by atoms with Gasteiger partial charge in [-0.3, -0.25) is 4.68 Å². The summed E-state index contributed by atoms with van der Waals surface area (Å²) in [5.41, 5.74) is -0.231. The number of amides is 2. The molecule has 20 heavy (non-hydrogen) atoms. The molecule has 2 amide bonds. The Morgan fingerprint density at radius 3 is 3.05 bits per heavy atom. The van der Waals surface area contributed by atoms with Gasteiger partial charge in [-0.1, -0.05) is 6.92 Å². The highest BCUT2D eigenvalue weighted by Crippen LogP contribution is 2.20. The molecule has 2 heterocycles. The standard InChI is InChI=1S/C13H23N5O2/c1-4-13(3)8-17(5-6-20-13)12(19)16-11(2)7-18-10-14-9-15-18/h9-11H,4-8H2,1-3H3,(H,16,19)/t11-,13-/m1/s1.